The van der Waals surface area contributed by atoms with E-state index in [1.54, 1.807) is 24.5 Å². The lowest BCUT2D eigenvalue weighted by molar-refractivity contribution is 0.628. The zero-order valence-corrected chi connectivity index (χ0v) is 20.4. The van der Waals surface area contributed by atoms with Gasteiger partial charge in [-0.05, 0) is 61.2 Å². The van der Waals surface area contributed by atoms with Gasteiger partial charge in [-0.2, -0.15) is 9.61 Å². The molecule has 0 aliphatic heterocycles. The topological polar surface area (TPSA) is 80.0 Å². The van der Waals surface area contributed by atoms with Crippen LogP contribution in [0.3, 0.4) is 0 Å². The summed E-state index contributed by atoms with van der Waals surface area (Å²) in [6, 6.07) is 20.9. The quantitative estimate of drug-likeness (QED) is 0.276. The lowest BCUT2D eigenvalue weighted by Crippen LogP contribution is -2.18. The monoisotopic (exact) mass is 493 g/mol. The first kappa shape index (κ1) is 23.1. The van der Waals surface area contributed by atoms with E-state index in [4.69, 9.17) is 10.1 Å². The maximum absolute atomic E-state index is 13.7. The van der Waals surface area contributed by atoms with Gasteiger partial charge in [0.2, 0.25) is 11.9 Å². The Hall–Kier alpha value is -4.33. The van der Waals surface area contributed by atoms with E-state index < -0.39 is 0 Å². The predicted octanol–water partition coefficient (Wildman–Crippen LogP) is 6.00. The van der Waals surface area contributed by atoms with Crippen LogP contribution < -0.4 is 10.6 Å². The van der Waals surface area contributed by atoms with E-state index in [9.17, 15) is 4.39 Å². The zero-order chi connectivity index (χ0) is 25.0. The summed E-state index contributed by atoms with van der Waals surface area (Å²) in [6.07, 6.45) is 9.12. The van der Waals surface area contributed by atoms with E-state index in [0.717, 1.165) is 47.3 Å². The molecule has 1 aliphatic rings. The van der Waals surface area contributed by atoms with Gasteiger partial charge in [0.25, 0.3) is 0 Å². The van der Waals surface area contributed by atoms with Gasteiger partial charge in [-0.3, -0.25) is 0 Å². The minimum Gasteiger partial charge on any atom is -0.354 e. The highest BCUT2D eigenvalue weighted by Gasteiger charge is 2.22. The van der Waals surface area contributed by atoms with Crippen molar-refractivity contribution in [2.45, 2.75) is 38.1 Å². The van der Waals surface area contributed by atoms with Crippen molar-refractivity contribution in [2.24, 2.45) is 0 Å². The van der Waals surface area contributed by atoms with Crippen molar-refractivity contribution in [1.82, 2.24) is 24.6 Å². The molecule has 3 aromatic heterocycles. The Bertz CT molecular complexity index is 1490. The first-order chi connectivity index (χ1) is 18.2. The summed E-state index contributed by atoms with van der Waals surface area (Å²) in [5, 5.41) is 11.9. The fraction of sp³-hybridized carbons (Fsp3) is 0.241. The molecule has 2 N–H and O–H groups in total. The number of rotatable bonds is 8. The number of benzene rings is 2. The number of hydrogen-bond acceptors (Lipinski definition) is 6. The number of nitrogens with one attached hydrogen (secondary N) is 2. The minimum absolute atomic E-state index is 0.286. The normalized spacial score (nSPS) is 13.8. The standard InChI is InChI=1S/C29H28FN7/c30-22-12-10-21(11-13-22)27-26(25-16-19-33-29(37(25)36-27)34-23-8-4-5-9-23)24-15-18-32-28(35-24)31-17-14-20-6-2-1-3-7-20/h1-3,6-7,10-13,15-16,18-19,23H,4-5,8-9,14,17H2,(H,33,34)(H,31,32,35). The second-order valence-electron chi connectivity index (χ2n) is 9.35. The van der Waals surface area contributed by atoms with Crippen LogP contribution in [0.1, 0.15) is 31.2 Å². The molecule has 37 heavy (non-hydrogen) atoms. The maximum atomic E-state index is 13.7. The van der Waals surface area contributed by atoms with Crippen molar-refractivity contribution in [3.8, 4) is 22.5 Å². The second kappa shape index (κ2) is 10.3. The number of nitrogens with zero attached hydrogens (tertiary/aromatic N) is 5. The van der Waals surface area contributed by atoms with Crippen LogP contribution >= 0.6 is 0 Å². The summed E-state index contributed by atoms with van der Waals surface area (Å²) in [5.41, 5.74) is 5.26. The number of aromatic nitrogens is 5. The predicted molar refractivity (Wildman–Crippen MR) is 144 cm³/mol. The number of fused-ring (bicyclic) bond motifs is 1. The van der Waals surface area contributed by atoms with E-state index in [1.165, 1.54) is 30.5 Å². The highest BCUT2D eigenvalue weighted by molar-refractivity contribution is 5.91. The van der Waals surface area contributed by atoms with Gasteiger partial charge in [0, 0.05) is 30.5 Å². The van der Waals surface area contributed by atoms with E-state index >= 15 is 0 Å². The Labute approximate surface area is 214 Å². The average molecular weight is 494 g/mol. The smallest absolute Gasteiger partial charge is 0.224 e. The Kier molecular flexibility index (Phi) is 6.45. The van der Waals surface area contributed by atoms with Crippen molar-refractivity contribution in [2.75, 3.05) is 17.2 Å². The highest BCUT2D eigenvalue weighted by Crippen LogP contribution is 2.35. The SMILES string of the molecule is Fc1ccc(-c2nn3c(NC4CCCC4)nccc3c2-c2ccnc(NCCc3ccccc3)n2)cc1. The van der Waals surface area contributed by atoms with Crippen molar-refractivity contribution >= 4 is 17.4 Å². The molecule has 0 amide bonds. The fourth-order valence-electron chi connectivity index (χ4n) is 4.94. The average Bonchev–Trinajstić information content (AvgIpc) is 3.58. The summed E-state index contributed by atoms with van der Waals surface area (Å²) < 4.78 is 15.6. The van der Waals surface area contributed by atoms with Gasteiger partial charge in [0.15, 0.2) is 0 Å². The molecule has 8 heteroatoms. The van der Waals surface area contributed by atoms with Crippen LogP contribution in [0.25, 0.3) is 28.0 Å². The van der Waals surface area contributed by atoms with Crippen LogP contribution in [0.15, 0.2) is 79.1 Å². The summed E-state index contributed by atoms with van der Waals surface area (Å²) in [7, 11) is 0. The maximum Gasteiger partial charge on any atom is 0.224 e. The molecule has 186 valence electrons. The zero-order valence-electron chi connectivity index (χ0n) is 20.4. The van der Waals surface area contributed by atoms with Crippen LogP contribution in [0.5, 0.6) is 0 Å². The third-order valence-electron chi connectivity index (χ3n) is 6.81. The summed E-state index contributed by atoms with van der Waals surface area (Å²) in [5.74, 6) is 0.969. The molecule has 0 atom stereocenters. The summed E-state index contributed by atoms with van der Waals surface area (Å²) in [4.78, 5) is 13.9. The van der Waals surface area contributed by atoms with Crippen molar-refractivity contribution < 1.29 is 4.39 Å². The summed E-state index contributed by atoms with van der Waals surface area (Å²) >= 11 is 0. The molecule has 3 heterocycles. The van der Waals surface area contributed by atoms with Gasteiger partial charge < -0.3 is 10.6 Å². The number of halogens is 1. The van der Waals surface area contributed by atoms with Crippen molar-refractivity contribution in [1.29, 1.82) is 0 Å². The van der Waals surface area contributed by atoms with Gasteiger partial charge >= 0.3 is 0 Å². The molecular formula is C29H28FN7. The number of anilines is 2. The van der Waals surface area contributed by atoms with Crippen LogP contribution in [-0.4, -0.2) is 37.2 Å². The van der Waals surface area contributed by atoms with Crippen molar-refractivity contribution in [3.05, 3.63) is 90.5 Å². The molecule has 0 unspecified atom stereocenters. The first-order valence-corrected chi connectivity index (χ1v) is 12.8. The van der Waals surface area contributed by atoms with Gasteiger partial charge in [-0.25, -0.2) is 19.3 Å². The van der Waals surface area contributed by atoms with E-state index in [1.807, 2.05) is 34.8 Å². The molecular weight excluding hydrogens is 465 g/mol. The molecule has 5 aromatic rings. The third kappa shape index (κ3) is 5.00. The van der Waals surface area contributed by atoms with Gasteiger partial charge in [-0.15, -0.1) is 0 Å². The molecule has 7 nitrogen and oxygen atoms in total. The van der Waals surface area contributed by atoms with E-state index in [2.05, 4.69) is 32.7 Å². The lowest BCUT2D eigenvalue weighted by atomic mass is 10.0. The molecule has 2 aromatic carbocycles. The molecule has 0 radical (unpaired) electrons. The molecule has 0 saturated heterocycles. The van der Waals surface area contributed by atoms with Gasteiger partial charge in [0.05, 0.1) is 16.8 Å². The Morgan fingerprint density at radius 1 is 0.892 bits per heavy atom. The Balaban J connectivity index is 1.38. The van der Waals surface area contributed by atoms with Crippen molar-refractivity contribution in [3.63, 3.8) is 0 Å². The molecule has 1 aliphatic carbocycles. The summed E-state index contributed by atoms with van der Waals surface area (Å²) in [6.45, 7) is 0.715. The molecule has 0 bridgehead atoms. The van der Waals surface area contributed by atoms with E-state index in [-0.39, 0.29) is 5.82 Å². The molecule has 1 saturated carbocycles. The largest absolute Gasteiger partial charge is 0.354 e. The molecule has 6 rings (SSSR count). The first-order valence-electron chi connectivity index (χ1n) is 12.8. The Morgan fingerprint density at radius 3 is 2.49 bits per heavy atom. The number of hydrogen-bond donors (Lipinski definition) is 2. The van der Waals surface area contributed by atoms with Crippen LogP contribution in [-0.2, 0) is 6.42 Å². The second-order valence-corrected chi connectivity index (χ2v) is 9.35. The minimum atomic E-state index is -0.286. The van der Waals surface area contributed by atoms with Crippen LogP contribution in [0, 0.1) is 5.82 Å². The van der Waals surface area contributed by atoms with Crippen LogP contribution in [0.4, 0.5) is 16.3 Å². The third-order valence-corrected chi connectivity index (χ3v) is 6.81. The van der Waals surface area contributed by atoms with E-state index in [0.29, 0.717) is 24.5 Å². The van der Waals surface area contributed by atoms with Gasteiger partial charge in [-0.1, -0.05) is 43.2 Å². The van der Waals surface area contributed by atoms with Crippen LogP contribution in [0.2, 0.25) is 0 Å². The Morgan fingerprint density at radius 2 is 1.68 bits per heavy atom. The fourth-order valence-corrected chi connectivity index (χ4v) is 4.94. The molecule has 1 fully saturated rings. The molecule has 0 spiro atoms. The van der Waals surface area contributed by atoms with Gasteiger partial charge in [0.1, 0.15) is 11.5 Å². The lowest BCUT2D eigenvalue weighted by Gasteiger charge is -2.13. The highest BCUT2D eigenvalue weighted by atomic mass is 19.1.